The van der Waals surface area contributed by atoms with Gasteiger partial charge in [-0.1, -0.05) is 75.8 Å². The average Bonchev–Trinajstić information content (AvgIpc) is 3.21. The molecular formula is C34H48O4. The molecule has 1 aromatic carbocycles. The van der Waals surface area contributed by atoms with Crippen molar-refractivity contribution >= 4 is 5.57 Å². The molecule has 1 aromatic rings. The van der Waals surface area contributed by atoms with Crippen molar-refractivity contribution in [2.75, 3.05) is 0 Å². The lowest BCUT2D eigenvalue weighted by Crippen LogP contribution is -2.35. The van der Waals surface area contributed by atoms with E-state index in [-0.39, 0.29) is 12.0 Å². The number of aliphatic hydroxyl groups is 4. The Morgan fingerprint density at radius 2 is 1.84 bits per heavy atom. The van der Waals surface area contributed by atoms with Crippen molar-refractivity contribution in [1.82, 2.24) is 0 Å². The first-order valence-corrected chi connectivity index (χ1v) is 14.5. The van der Waals surface area contributed by atoms with Gasteiger partial charge in [0.05, 0.1) is 24.4 Å². The highest BCUT2D eigenvalue weighted by Gasteiger charge is 2.51. The minimum atomic E-state index is -0.684. The van der Waals surface area contributed by atoms with E-state index in [2.05, 4.69) is 50.8 Å². The lowest BCUT2D eigenvalue weighted by Gasteiger charge is -2.44. The summed E-state index contributed by atoms with van der Waals surface area (Å²) in [5.74, 6) is 1.62. The fourth-order valence-corrected chi connectivity index (χ4v) is 7.45. The third-order valence-electron chi connectivity index (χ3n) is 9.61. The van der Waals surface area contributed by atoms with Crippen LogP contribution < -0.4 is 0 Å². The molecule has 0 bridgehead atoms. The molecule has 0 heterocycles. The Labute approximate surface area is 229 Å². The molecule has 0 amide bonds. The van der Waals surface area contributed by atoms with Crippen molar-refractivity contribution in [2.45, 2.75) is 103 Å². The molecule has 4 rings (SSSR count). The summed E-state index contributed by atoms with van der Waals surface area (Å²) in [7, 11) is 0. The number of hydrogen-bond acceptors (Lipinski definition) is 4. The van der Waals surface area contributed by atoms with E-state index in [9.17, 15) is 20.4 Å². The number of aliphatic hydroxyl groups excluding tert-OH is 3. The molecule has 2 saturated carbocycles. The van der Waals surface area contributed by atoms with E-state index in [0.29, 0.717) is 30.6 Å². The standard InChI is InChI=1S/C34H48O4/c1-22(7-6-16-33(3,4)38)30-14-15-31-27(13-12-26-18-29(36)19-32(37)23(26)2)17-28(20-34(30,31)5)25-10-8-24(21-35)9-11-25/h8-13,17,22,29-32,35-38H,2,6-7,14-16,18-21H2,1,3-5H3/b26-12+,27-13+/t22-,29-,30-,31+,32+,34-/m1/s1. The van der Waals surface area contributed by atoms with E-state index >= 15 is 0 Å². The summed E-state index contributed by atoms with van der Waals surface area (Å²) in [5.41, 5.74) is 5.94. The second-order valence-corrected chi connectivity index (χ2v) is 13.1. The van der Waals surface area contributed by atoms with Crippen LogP contribution in [0.3, 0.4) is 0 Å². The van der Waals surface area contributed by atoms with Crippen LogP contribution in [0.2, 0.25) is 0 Å². The van der Waals surface area contributed by atoms with E-state index in [1.165, 1.54) is 23.1 Å². The largest absolute Gasteiger partial charge is 0.393 e. The molecule has 0 unspecified atom stereocenters. The zero-order valence-corrected chi connectivity index (χ0v) is 23.8. The number of hydrogen-bond donors (Lipinski definition) is 4. The van der Waals surface area contributed by atoms with Crippen LogP contribution in [0.1, 0.15) is 90.2 Å². The molecule has 0 aromatic heterocycles. The summed E-state index contributed by atoms with van der Waals surface area (Å²) in [5, 5.41) is 40.3. The molecule has 3 aliphatic carbocycles. The van der Waals surface area contributed by atoms with Gasteiger partial charge < -0.3 is 20.4 Å². The highest BCUT2D eigenvalue weighted by molar-refractivity contribution is 5.71. The molecule has 4 heteroatoms. The molecule has 3 aliphatic rings. The Hall–Kier alpha value is -1.98. The van der Waals surface area contributed by atoms with Crippen LogP contribution >= 0.6 is 0 Å². The van der Waals surface area contributed by atoms with Crippen molar-refractivity contribution in [3.63, 3.8) is 0 Å². The minimum absolute atomic E-state index is 0.0453. The lowest BCUT2D eigenvalue weighted by atomic mass is 9.60. The smallest absolute Gasteiger partial charge is 0.0811 e. The van der Waals surface area contributed by atoms with Gasteiger partial charge in [-0.25, -0.2) is 0 Å². The summed E-state index contributed by atoms with van der Waals surface area (Å²) >= 11 is 0. The molecule has 4 nitrogen and oxygen atoms in total. The van der Waals surface area contributed by atoms with Crippen molar-refractivity contribution in [2.24, 2.45) is 23.2 Å². The molecule has 0 saturated heterocycles. The van der Waals surface area contributed by atoms with Crippen LogP contribution in [0, 0.1) is 23.2 Å². The summed E-state index contributed by atoms with van der Waals surface area (Å²) in [4.78, 5) is 0. The Balaban J connectivity index is 1.67. The van der Waals surface area contributed by atoms with E-state index in [1.807, 2.05) is 26.0 Å². The minimum Gasteiger partial charge on any atom is -0.393 e. The maximum Gasteiger partial charge on any atom is 0.0811 e. The number of allylic oxidation sites excluding steroid dienone is 5. The van der Waals surface area contributed by atoms with Crippen LogP contribution in [0.5, 0.6) is 0 Å². The summed E-state index contributed by atoms with van der Waals surface area (Å²) in [6.07, 6.45) is 12.7. The third kappa shape index (κ3) is 6.42. The number of rotatable bonds is 8. The Bertz CT molecular complexity index is 1090. The molecule has 2 fully saturated rings. The second kappa shape index (κ2) is 11.6. The first-order valence-electron chi connectivity index (χ1n) is 14.5. The van der Waals surface area contributed by atoms with Crippen molar-refractivity contribution < 1.29 is 20.4 Å². The predicted molar refractivity (Wildman–Crippen MR) is 155 cm³/mol. The molecule has 6 atom stereocenters. The van der Waals surface area contributed by atoms with Crippen LogP contribution in [0.4, 0.5) is 0 Å². The van der Waals surface area contributed by atoms with Crippen LogP contribution in [0.15, 0.2) is 65.8 Å². The summed E-state index contributed by atoms with van der Waals surface area (Å²) in [6.45, 7) is 12.8. The van der Waals surface area contributed by atoms with Gasteiger partial charge in [0.2, 0.25) is 0 Å². The van der Waals surface area contributed by atoms with E-state index in [0.717, 1.165) is 48.8 Å². The van der Waals surface area contributed by atoms with Crippen molar-refractivity contribution in [3.8, 4) is 0 Å². The quantitative estimate of drug-likeness (QED) is 0.315. The Morgan fingerprint density at radius 3 is 2.50 bits per heavy atom. The lowest BCUT2D eigenvalue weighted by molar-refractivity contribution is 0.0627. The van der Waals surface area contributed by atoms with E-state index < -0.39 is 17.8 Å². The van der Waals surface area contributed by atoms with Crippen LogP contribution in [-0.2, 0) is 6.61 Å². The number of benzene rings is 1. The van der Waals surface area contributed by atoms with Crippen LogP contribution in [-0.4, -0.2) is 38.2 Å². The number of fused-ring (bicyclic) bond motifs is 1. The molecule has 38 heavy (non-hydrogen) atoms. The SMILES string of the molecule is C=C1/C(=C/C=C2\C=C(c3ccc(CO)cc3)C[C@]3(C)[C@@H]([C@H](C)CCCC(C)(C)O)CC[C@@H]23)C[C@@H](O)C[C@@H]1O. The van der Waals surface area contributed by atoms with Gasteiger partial charge in [0, 0.05) is 6.42 Å². The fourth-order valence-electron chi connectivity index (χ4n) is 7.45. The normalized spacial score (nSPS) is 32.9. The maximum atomic E-state index is 10.3. The van der Waals surface area contributed by atoms with Gasteiger partial charge in [0.1, 0.15) is 0 Å². The molecule has 0 spiro atoms. The monoisotopic (exact) mass is 520 g/mol. The first-order chi connectivity index (χ1) is 17.9. The van der Waals surface area contributed by atoms with E-state index in [4.69, 9.17) is 0 Å². The predicted octanol–water partition coefficient (Wildman–Crippen LogP) is 6.50. The Kier molecular flexibility index (Phi) is 8.88. The van der Waals surface area contributed by atoms with Gasteiger partial charge in [-0.05, 0) is 103 Å². The first kappa shape index (κ1) is 29.0. The van der Waals surface area contributed by atoms with Gasteiger partial charge in [-0.15, -0.1) is 0 Å². The topological polar surface area (TPSA) is 80.9 Å². The van der Waals surface area contributed by atoms with Gasteiger partial charge in [-0.2, -0.15) is 0 Å². The molecule has 0 aliphatic heterocycles. The molecule has 208 valence electrons. The summed E-state index contributed by atoms with van der Waals surface area (Å²) < 4.78 is 0. The Morgan fingerprint density at radius 1 is 1.13 bits per heavy atom. The average molecular weight is 521 g/mol. The molecule has 4 N–H and O–H groups in total. The molecule has 0 radical (unpaired) electrons. The van der Waals surface area contributed by atoms with Gasteiger partial charge in [0.25, 0.3) is 0 Å². The third-order valence-corrected chi connectivity index (χ3v) is 9.61. The van der Waals surface area contributed by atoms with Crippen molar-refractivity contribution in [1.29, 1.82) is 0 Å². The molecular weight excluding hydrogens is 472 g/mol. The van der Waals surface area contributed by atoms with Gasteiger partial charge >= 0.3 is 0 Å². The van der Waals surface area contributed by atoms with Crippen LogP contribution in [0.25, 0.3) is 5.57 Å². The fraction of sp³-hybridized carbons (Fsp3) is 0.588. The van der Waals surface area contributed by atoms with Gasteiger partial charge in [-0.3, -0.25) is 0 Å². The summed E-state index contributed by atoms with van der Waals surface area (Å²) in [6, 6.07) is 8.28. The van der Waals surface area contributed by atoms with Gasteiger partial charge in [0.15, 0.2) is 0 Å². The second-order valence-electron chi connectivity index (χ2n) is 13.1. The van der Waals surface area contributed by atoms with E-state index in [1.54, 1.807) is 0 Å². The van der Waals surface area contributed by atoms with Crippen molar-refractivity contribution in [3.05, 3.63) is 76.9 Å². The highest BCUT2D eigenvalue weighted by Crippen LogP contribution is 2.60. The highest BCUT2D eigenvalue weighted by atomic mass is 16.3. The maximum absolute atomic E-state index is 10.3. The zero-order chi connectivity index (χ0) is 27.7. The zero-order valence-electron chi connectivity index (χ0n) is 23.8.